The molecule has 0 radical (unpaired) electrons. The van der Waals surface area contributed by atoms with Crippen molar-refractivity contribution in [2.24, 2.45) is 5.92 Å². The van der Waals surface area contributed by atoms with Crippen LogP contribution in [0.25, 0.3) is 0 Å². The molecular weight excluding hydrogens is 349 g/mol. The van der Waals surface area contributed by atoms with E-state index in [1.807, 2.05) is 6.07 Å². The number of anilines is 1. The Morgan fingerprint density at radius 1 is 1.18 bits per heavy atom. The first-order chi connectivity index (χ1) is 10.6. The van der Waals surface area contributed by atoms with E-state index < -0.39 is 0 Å². The van der Waals surface area contributed by atoms with Gasteiger partial charge in [0.15, 0.2) is 0 Å². The quantitative estimate of drug-likeness (QED) is 0.781. The minimum atomic E-state index is -0.244. The maximum Gasteiger partial charge on any atom is 0.123 e. The van der Waals surface area contributed by atoms with Gasteiger partial charge in [-0.3, -0.25) is 0 Å². The minimum Gasteiger partial charge on any atom is -0.508 e. The molecule has 0 aromatic heterocycles. The Bertz CT molecular complexity index is 737. The Morgan fingerprint density at radius 3 is 2.91 bits per heavy atom. The summed E-state index contributed by atoms with van der Waals surface area (Å²) >= 11 is 3.56. The number of hydrogen-bond donors (Lipinski definition) is 2. The van der Waals surface area contributed by atoms with Gasteiger partial charge >= 0.3 is 0 Å². The van der Waals surface area contributed by atoms with Crippen molar-refractivity contribution >= 4 is 21.6 Å². The van der Waals surface area contributed by atoms with Gasteiger partial charge in [-0.2, -0.15) is 0 Å². The molecule has 3 nitrogen and oxygen atoms in total. The molecule has 5 heteroatoms. The second-order valence-corrected chi connectivity index (χ2v) is 6.66. The summed E-state index contributed by atoms with van der Waals surface area (Å²) in [5, 5.41) is 13.3. The molecule has 0 saturated carbocycles. The summed E-state index contributed by atoms with van der Waals surface area (Å²) in [6.45, 7) is 0.667. The average molecular weight is 364 g/mol. The van der Waals surface area contributed by atoms with Gasteiger partial charge in [0, 0.05) is 28.2 Å². The molecule has 2 N–H and O–H groups in total. The predicted molar refractivity (Wildman–Crippen MR) is 85.4 cm³/mol. The molecule has 1 fully saturated rings. The lowest BCUT2D eigenvalue weighted by Gasteiger charge is -2.37. The number of fused-ring (bicyclic) bond motifs is 3. The summed E-state index contributed by atoms with van der Waals surface area (Å²) in [6.07, 6.45) is 0.798. The maximum atomic E-state index is 13.6. The van der Waals surface area contributed by atoms with Crippen LogP contribution < -0.4 is 5.32 Å². The van der Waals surface area contributed by atoms with E-state index in [4.69, 9.17) is 4.74 Å². The van der Waals surface area contributed by atoms with Crippen LogP contribution in [0.3, 0.4) is 0 Å². The molecule has 2 aromatic rings. The van der Waals surface area contributed by atoms with Gasteiger partial charge in [-0.05, 0) is 48.4 Å². The number of aromatic hydroxyl groups is 1. The molecule has 2 aromatic carbocycles. The fourth-order valence-corrected chi connectivity index (χ4v) is 4.01. The number of hydrogen-bond acceptors (Lipinski definition) is 3. The van der Waals surface area contributed by atoms with E-state index >= 15 is 0 Å². The summed E-state index contributed by atoms with van der Waals surface area (Å²) in [5.41, 5.74) is 2.77. The summed E-state index contributed by atoms with van der Waals surface area (Å²) in [4.78, 5) is 0. The minimum absolute atomic E-state index is 0.0203. The molecule has 1 saturated heterocycles. The van der Waals surface area contributed by atoms with Gasteiger partial charge in [-0.25, -0.2) is 4.39 Å². The number of benzene rings is 2. The lowest BCUT2D eigenvalue weighted by atomic mass is 9.81. The zero-order chi connectivity index (χ0) is 15.3. The molecule has 114 valence electrons. The molecule has 4 rings (SSSR count). The van der Waals surface area contributed by atoms with Crippen LogP contribution in [0.5, 0.6) is 5.75 Å². The Hall–Kier alpha value is -1.59. The van der Waals surface area contributed by atoms with E-state index in [1.54, 1.807) is 24.3 Å². The van der Waals surface area contributed by atoms with Crippen LogP contribution in [0.15, 0.2) is 40.9 Å². The van der Waals surface area contributed by atoms with Crippen LogP contribution in [-0.2, 0) is 4.74 Å². The fraction of sp³-hybridized carbons (Fsp3) is 0.294. The summed E-state index contributed by atoms with van der Waals surface area (Å²) in [5.74, 6) is 0.208. The molecule has 0 amide bonds. The molecule has 2 heterocycles. The smallest absolute Gasteiger partial charge is 0.123 e. The third-order valence-corrected chi connectivity index (χ3v) is 5.23. The van der Waals surface area contributed by atoms with E-state index in [-0.39, 0.29) is 29.6 Å². The fourth-order valence-electron chi connectivity index (χ4n) is 3.52. The third kappa shape index (κ3) is 2.20. The van der Waals surface area contributed by atoms with Crippen LogP contribution in [-0.4, -0.2) is 11.7 Å². The highest BCUT2D eigenvalue weighted by Gasteiger charge is 2.42. The normalized spacial score (nSPS) is 26.2. The lowest BCUT2D eigenvalue weighted by molar-refractivity contribution is 0.0826. The maximum absolute atomic E-state index is 13.6. The highest BCUT2D eigenvalue weighted by Crippen LogP contribution is 2.51. The molecule has 2 aliphatic rings. The van der Waals surface area contributed by atoms with Crippen LogP contribution in [0.4, 0.5) is 10.1 Å². The van der Waals surface area contributed by atoms with Gasteiger partial charge in [-0.1, -0.05) is 15.9 Å². The standard InChI is InChI=1S/C17H15BrFNO2/c18-14-3-2-10(21)8-12(14)16-11-5-6-22-17(11)13-7-9(19)1-4-15(13)20-16/h1-4,7-8,11,16-17,20-21H,5-6H2/t11-,16?,17-/m0/s1. The third-order valence-electron chi connectivity index (χ3n) is 4.51. The first kappa shape index (κ1) is 14.0. The van der Waals surface area contributed by atoms with Crippen LogP contribution in [0.2, 0.25) is 0 Å². The molecule has 22 heavy (non-hydrogen) atoms. The van der Waals surface area contributed by atoms with Gasteiger partial charge < -0.3 is 15.2 Å². The number of nitrogens with one attached hydrogen (secondary N) is 1. The second kappa shape index (κ2) is 5.25. The van der Waals surface area contributed by atoms with Gasteiger partial charge in [0.2, 0.25) is 0 Å². The number of ether oxygens (including phenoxy) is 1. The van der Waals surface area contributed by atoms with Crippen LogP contribution in [0.1, 0.15) is 29.7 Å². The van der Waals surface area contributed by atoms with E-state index in [1.165, 1.54) is 6.07 Å². The van der Waals surface area contributed by atoms with E-state index in [0.29, 0.717) is 6.61 Å². The van der Waals surface area contributed by atoms with E-state index in [9.17, 15) is 9.50 Å². The van der Waals surface area contributed by atoms with Crippen LogP contribution in [0, 0.1) is 11.7 Å². The summed E-state index contributed by atoms with van der Waals surface area (Å²) in [6, 6.07) is 10.1. The van der Waals surface area contributed by atoms with Crippen molar-refractivity contribution in [3.63, 3.8) is 0 Å². The summed E-state index contributed by atoms with van der Waals surface area (Å²) in [7, 11) is 0. The lowest BCUT2D eigenvalue weighted by Crippen LogP contribution is -2.29. The van der Waals surface area contributed by atoms with Crippen molar-refractivity contribution in [3.8, 4) is 5.75 Å². The van der Waals surface area contributed by atoms with Crippen molar-refractivity contribution in [2.45, 2.75) is 18.6 Å². The average Bonchev–Trinajstić information content (AvgIpc) is 2.99. The highest BCUT2D eigenvalue weighted by atomic mass is 79.9. The van der Waals surface area contributed by atoms with Crippen molar-refractivity contribution in [1.29, 1.82) is 0 Å². The Morgan fingerprint density at radius 2 is 2.05 bits per heavy atom. The van der Waals surface area contributed by atoms with Gasteiger partial charge in [-0.15, -0.1) is 0 Å². The van der Waals surface area contributed by atoms with Crippen molar-refractivity contribution in [3.05, 3.63) is 57.8 Å². The van der Waals surface area contributed by atoms with Gasteiger partial charge in [0.05, 0.1) is 12.1 Å². The van der Waals surface area contributed by atoms with E-state index in [2.05, 4.69) is 21.2 Å². The molecular formula is C17H15BrFNO2. The van der Waals surface area contributed by atoms with E-state index in [0.717, 1.165) is 27.7 Å². The number of halogens is 2. The zero-order valence-corrected chi connectivity index (χ0v) is 13.3. The first-order valence-corrected chi connectivity index (χ1v) is 8.09. The van der Waals surface area contributed by atoms with Crippen molar-refractivity contribution < 1.29 is 14.2 Å². The SMILES string of the molecule is Oc1ccc(Br)c(C2Nc3ccc(F)cc3[C@H]3OCC[C@@H]23)c1. The molecule has 3 atom stereocenters. The van der Waals surface area contributed by atoms with Crippen LogP contribution >= 0.6 is 15.9 Å². The molecule has 0 spiro atoms. The molecule has 0 bridgehead atoms. The van der Waals surface area contributed by atoms with Crippen molar-refractivity contribution in [2.75, 3.05) is 11.9 Å². The predicted octanol–water partition coefficient (Wildman–Crippen LogP) is 4.54. The number of rotatable bonds is 1. The monoisotopic (exact) mass is 363 g/mol. The van der Waals surface area contributed by atoms with Gasteiger partial charge in [0.1, 0.15) is 11.6 Å². The Balaban J connectivity index is 1.82. The van der Waals surface area contributed by atoms with Crippen molar-refractivity contribution in [1.82, 2.24) is 0 Å². The second-order valence-electron chi connectivity index (χ2n) is 5.80. The number of phenolic OH excluding ortho intramolecular Hbond substituents is 1. The Labute approximate surface area is 136 Å². The summed E-state index contributed by atoms with van der Waals surface area (Å²) < 4.78 is 20.4. The molecule has 2 aliphatic heterocycles. The first-order valence-electron chi connectivity index (χ1n) is 7.29. The number of phenols is 1. The largest absolute Gasteiger partial charge is 0.508 e. The Kier molecular flexibility index (Phi) is 3.35. The highest BCUT2D eigenvalue weighted by molar-refractivity contribution is 9.10. The van der Waals surface area contributed by atoms with Gasteiger partial charge in [0.25, 0.3) is 0 Å². The zero-order valence-electron chi connectivity index (χ0n) is 11.7. The molecule has 1 unspecified atom stereocenters. The topological polar surface area (TPSA) is 41.5 Å². The molecule has 0 aliphatic carbocycles.